The molecule has 4 rings (SSSR count). The van der Waals surface area contributed by atoms with E-state index in [1.165, 1.54) is 12.4 Å². The molecule has 0 bridgehead atoms. The highest BCUT2D eigenvalue weighted by Crippen LogP contribution is 2.27. The molecule has 0 saturated heterocycles. The smallest absolute Gasteiger partial charge is 0.270 e. The predicted molar refractivity (Wildman–Crippen MR) is 111 cm³/mol. The number of halogens is 2. The molecule has 4 aromatic rings. The Balaban J connectivity index is 1.52. The number of hydrogen-bond acceptors (Lipinski definition) is 6. The molecule has 0 spiro atoms. The van der Waals surface area contributed by atoms with Crippen LogP contribution in [-0.4, -0.2) is 15.9 Å². The number of hydrogen-bond donors (Lipinski definition) is 4. The summed E-state index contributed by atoms with van der Waals surface area (Å²) in [5.41, 5.74) is 11.7. The van der Waals surface area contributed by atoms with E-state index in [2.05, 4.69) is 26.1 Å². The number of nitrogens with zero attached hydrogens (tertiary/aromatic N) is 2. The van der Waals surface area contributed by atoms with Gasteiger partial charge in [0.15, 0.2) is 11.6 Å². The van der Waals surface area contributed by atoms with Crippen molar-refractivity contribution in [1.82, 2.24) is 15.4 Å². The first kappa shape index (κ1) is 19.1. The quantitative estimate of drug-likeness (QED) is 0.374. The monoisotopic (exact) mass is 406 g/mol. The van der Waals surface area contributed by atoms with Crippen LogP contribution in [-0.2, 0) is 0 Å². The van der Waals surface area contributed by atoms with Crippen molar-refractivity contribution in [2.75, 3.05) is 16.5 Å². The number of carbonyl (C=O) groups excluding carboxylic acids is 1. The van der Waals surface area contributed by atoms with Crippen molar-refractivity contribution in [2.45, 2.75) is 0 Å². The van der Waals surface area contributed by atoms with E-state index in [0.717, 1.165) is 22.9 Å². The second kappa shape index (κ2) is 8.00. The van der Waals surface area contributed by atoms with Crippen molar-refractivity contribution >= 4 is 39.7 Å². The van der Waals surface area contributed by atoms with Crippen LogP contribution in [0.1, 0.15) is 10.4 Å². The summed E-state index contributed by atoms with van der Waals surface area (Å²) in [6.07, 6.45) is 1.19. The molecule has 1 heterocycles. The van der Waals surface area contributed by atoms with Crippen LogP contribution in [0.3, 0.4) is 0 Å². The number of amides is 1. The highest BCUT2D eigenvalue weighted by Gasteiger charge is 2.13. The van der Waals surface area contributed by atoms with Gasteiger partial charge in [-0.3, -0.25) is 15.6 Å². The molecule has 3 aromatic carbocycles. The standard InChI is InChI=1S/C21H16F2N6O/c22-13-8-9-17(16(23)10-13)27-19-18(24)20(26-11-25-19)28-29-21(30)15-7-3-5-12-4-1-2-6-14(12)15/h1-11H,24H2,(H,29,30)(H2,25,26,27,28). The lowest BCUT2D eigenvalue weighted by Gasteiger charge is -2.14. The molecule has 150 valence electrons. The third kappa shape index (κ3) is 3.81. The largest absolute Gasteiger partial charge is 0.393 e. The van der Waals surface area contributed by atoms with Gasteiger partial charge in [-0.05, 0) is 29.0 Å². The zero-order valence-corrected chi connectivity index (χ0v) is 15.5. The second-order valence-corrected chi connectivity index (χ2v) is 6.34. The number of hydrazine groups is 1. The number of nitrogens with one attached hydrogen (secondary N) is 3. The number of benzene rings is 3. The molecule has 0 fully saturated rings. The molecule has 5 N–H and O–H groups in total. The summed E-state index contributed by atoms with van der Waals surface area (Å²) < 4.78 is 27.0. The van der Waals surface area contributed by atoms with Gasteiger partial charge in [-0.2, -0.15) is 0 Å². The molecule has 7 nitrogen and oxygen atoms in total. The normalized spacial score (nSPS) is 10.6. The summed E-state index contributed by atoms with van der Waals surface area (Å²) in [7, 11) is 0. The van der Waals surface area contributed by atoms with Gasteiger partial charge in [0.05, 0.1) is 5.69 Å². The summed E-state index contributed by atoms with van der Waals surface area (Å²) in [5.74, 6) is -1.68. The maximum Gasteiger partial charge on any atom is 0.270 e. The van der Waals surface area contributed by atoms with E-state index < -0.39 is 11.6 Å². The van der Waals surface area contributed by atoms with Gasteiger partial charge in [-0.15, -0.1) is 0 Å². The Bertz CT molecular complexity index is 1240. The lowest BCUT2D eigenvalue weighted by Crippen LogP contribution is -2.30. The zero-order chi connectivity index (χ0) is 21.1. The average molecular weight is 406 g/mol. The van der Waals surface area contributed by atoms with Crippen LogP contribution in [0.15, 0.2) is 67.0 Å². The van der Waals surface area contributed by atoms with Gasteiger partial charge in [0.1, 0.15) is 23.6 Å². The van der Waals surface area contributed by atoms with E-state index in [1.807, 2.05) is 30.3 Å². The van der Waals surface area contributed by atoms with Crippen molar-refractivity contribution in [1.29, 1.82) is 0 Å². The first-order chi connectivity index (χ1) is 14.5. The van der Waals surface area contributed by atoms with Crippen molar-refractivity contribution in [3.05, 3.63) is 84.2 Å². The van der Waals surface area contributed by atoms with Gasteiger partial charge >= 0.3 is 0 Å². The molecular weight excluding hydrogens is 390 g/mol. The van der Waals surface area contributed by atoms with Crippen molar-refractivity contribution < 1.29 is 13.6 Å². The minimum Gasteiger partial charge on any atom is -0.393 e. The van der Waals surface area contributed by atoms with E-state index in [1.54, 1.807) is 12.1 Å². The Morgan fingerprint density at radius 3 is 2.53 bits per heavy atom. The van der Waals surface area contributed by atoms with E-state index >= 15 is 0 Å². The average Bonchev–Trinajstić information content (AvgIpc) is 2.75. The molecule has 0 aliphatic carbocycles. The van der Waals surface area contributed by atoms with Crippen LogP contribution in [0.25, 0.3) is 10.8 Å². The number of anilines is 4. The molecule has 0 aliphatic heterocycles. The number of carbonyl (C=O) groups is 1. The van der Waals surface area contributed by atoms with Gasteiger partial charge in [0, 0.05) is 11.6 Å². The van der Waals surface area contributed by atoms with Gasteiger partial charge in [0.25, 0.3) is 5.91 Å². The van der Waals surface area contributed by atoms with Crippen LogP contribution >= 0.6 is 0 Å². The fourth-order valence-electron chi connectivity index (χ4n) is 2.92. The Hall–Kier alpha value is -4.27. The van der Waals surface area contributed by atoms with Crippen molar-refractivity contribution in [2.24, 2.45) is 0 Å². The maximum atomic E-state index is 13.9. The van der Waals surface area contributed by atoms with Crippen LogP contribution in [0.4, 0.5) is 31.8 Å². The summed E-state index contributed by atoms with van der Waals surface area (Å²) in [6, 6.07) is 16.0. The molecular formula is C21H16F2N6O. The summed E-state index contributed by atoms with van der Waals surface area (Å²) in [4.78, 5) is 20.6. The Labute approximate surface area is 169 Å². The number of nitrogens with two attached hydrogens (primary N) is 1. The lowest BCUT2D eigenvalue weighted by molar-refractivity contribution is 0.0964. The van der Waals surface area contributed by atoms with Gasteiger partial charge in [-0.25, -0.2) is 18.7 Å². The topological polar surface area (TPSA) is 105 Å². The van der Waals surface area contributed by atoms with E-state index in [0.29, 0.717) is 5.56 Å². The molecule has 0 unspecified atom stereocenters. The SMILES string of the molecule is Nc1c(NNC(=O)c2cccc3ccccc23)ncnc1Nc1ccc(F)cc1F. The minimum atomic E-state index is -0.799. The lowest BCUT2D eigenvalue weighted by atomic mass is 10.0. The second-order valence-electron chi connectivity index (χ2n) is 6.34. The Kier molecular flexibility index (Phi) is 5.08. The van der Waals surface area contributed by atoms with Crippen LogP contribution in [0, 0.1) is 11.6 Å². The molecule has 0 aliphatic rings. The van der Waals surface area contributed by atoms with E-state index in [-0.39, 0.29) is 28.9 Å². The van der Waals surface area contributed by atoms with Gasteiger partial charge in [0.2, 0.25) is 0 Å². The molecule has 1 aromatic heterocycles. The highest BCUT2D eigenvalue weighted by atomic mass is 19.1. The fraction of sp³-hybridized carbons (Fsp3) is 0. The molecule has 0 saturated carbocycles. The van der Waals surface area contributed by atoms with E-state index in [9.17, 15) is 13.6 Å². The number of fused-ring (bicyclic) bond motifs is 1. The number of aromatic nitrogens is 2. The summed E-state index contributed by atoms with van der Waals surface area (Å²) in [5, 5.41) is 4.41. The van der Waals surface area contributed by atoms with Gasteiger partial charge < -0.3 is 11.1 Å². The molecule has 9 heteroatoms. The van der Waals surface area contributed by atoms with Crippen LogP contribution in [0.5, 0.6) is 0 Å². The third-order valence-corrected chi connectivity index (χ3v) is 4.40. The molecule has 0 atom stereocenters. The summed E-state index contributed by atoms with van der Waals surface area (Å²) in [6.45, 7) is 0. The molecule has 1 amide bonds. The first-order valence-electron chi connectivity index (χ1n) is 8.89. The Morgan fingerprint density at radius 1 is 0.933 bits per heavy atom. The minimum absolute atomic E-state index is 0.00691. The number of rotatable bonds is 5. The van der Waals surface area contributed by atoms with Crippen LogP contribution < -0.4 is 21.9 Å². The van der Waals surface area contributed by atoms with E-state index in [4.69, 9.17) is 5.73 Å². The third-order valence-electron chi connectivity index (χ3n) is 4.40. The van der Waals surface area contributed by atoms with Gasteiger partial charge in [-0.1, -0.05) is 36.4 Å². The molecule has 30 heavy (non-hydrogen) atoms. The molecule has 0 radical (unpaired) electrons. The van der Waals surface area contributed by atoms with Crippen LogP contribution in [0.2, 0.25) is 0 Å². The zero-order valence-electron chi connectivity index (χ0n) is 15.5. The maximum absolute atomic E-state index is 13.9. The fourth-order valence-corrected chi connectivity index (χ4v) is 2.92. The summed E-state index contributed by atoms with van der Waals surface area (Å²) >= 11 is 0. The van der Waals surface area contributed by atoms with Crippen molar-refractivity contribution in [3.63, 3.8) is 0 Å². The first-order valence-corrected chi connectivity index (χ1v) is 8.89. The number of nitrogen functional groups attached to an aromatic ring is 1. The Morgan fingerprint density at radius 2 is 1.70 bits per heavy atom. The predicted octanol–water partition coefficient (Wildman–Crippen LogP) is 3.99. The van der Waals surface area contributed by atoms with Crippen molar-refractivity contribution in [3.8, 4) is 0 Å². The highest BCUT2D eigenvalue weighted by molar-refractivity contribution is 6.07.